The molecule has 0 radical (unpaired) electrons. The molecule has 164 valence electrons. The number of hydrogen-bond acceptors (Lipinski definition) is 7. The number of carbonyl (C=O) groups excluding carboxylic acids is 4. The topological polar surface area (TPSA) is 231 Å². The molecule has 0 saturated heterocycles. The van der Waals surface area contributed by atoms with Gasteiger partial charge in [0.05, 0.1) is 6.04 Å². The second-order valence-electron chi connectivity index (χ2n) is 6.42. The second kappa shape index (κ2) is 12.3. The third-order valence-corrected chi connectivity index (χ3v) is 3.75. The third-order valence-electron chi connectivity index (χ3n) is 3.75. The number of nitrogens with two attached hydrogens (primary N) is 2. The van der Waals surface area contributed by atoms with Crippen LogP contribution in [0.2, 0.25) is 0 Å². The first kappa shape index (κ1) is 25.8. The Morgan fingerprint density at radius 1 is 0.793 bits per heavy atom. The van der Waals surface area contributed by atoms with Crippen molar-refractivity contribution in [2.24, 2.45) is 11.5 Å². The minimum atomic E-state index is -1.37. The first-order valence-electron chi connectivity index (χ1n) is 8.74. The van der Waals surface area contributed by atoms with Gasteiger partial charge in [-0.15, -0.1) is 0 Å². The van der Waals surface area contributed by atoms with Crippen LogP contribution >= 0.6 is 0 Å². The van der Waals surface area contributed by atoms with E-state index in [0.29, 0.717) is 0 Å². The maximum Gasteiger partial charge on any atom is 0.326 e. The molecule has 4 atom stereocenters. The number of aliphatic carboxylic acids is 2. The molecular weight excluding hydrogens is 390 g/mol. The van der Waals surface area contributed by atoms with Crippen molar-refractivity contribution in [1.29, 1.82) is 0 Å². The summed E-state index contributed by atoms with van der Waals surface area (Å²) in [4.78, 5) is 68.5. The molecule has 13 heteroatoms. The second-order valence-corrected chi connectivity index (χ2v) is 6.42. The van der Waals surface area contributed by atoms with E-state index in [1.807, 2.05) is 0 Å². The molecule has 0 aromatic carbocycles. The third kappa shape index (κ3) is 10.6. The van der Waals surface area contributed by atoms with E-state index < -0.39 is 59.7 Å². The van der Waals surface area contributed by atoms with Crippen molar-refractivity contribution in [3.8, 4) is 0 Å². The summed E-state index contributed by atoms with van der Waals surface area (Å²) in [5.74, 6) is -5.63. The Bertz CT molecular complexity index is 651. The van der Waals surface area contributed by atoms with Crippen molar-refractivity contribution >= 4 is 35.6 Å². The summed E-state index contributed by atoms with van der Waals surface area (Å²) in [5, 5.41) is 24.8. The minimum Gasteiger partial charge on any atom is -0.480 e. The zero-order valence-electron chi connectivity index (χ0n) is 16.1. The largest absolute Gasteiger partial charge is 0.480 e. The molecule has 29 heavy (non-hydrogen) atoms. The number of amides is 4. The highest BCUT2D eigenvalue weighted by atomic mass is 16.4. The molecule has 0 aliphatic rings. The summed E-state index contributed by atoms with van der Waals surface area (Å²) < 4.78 is 0. The Kier molecular flexibility index (Phi) is 10.9. The van der Waals surface area contributed by atoms with Gasteiger partial charge in [0.2, 0.25) is 23.6 Å². The Labute approximate surface area is 166 Å². The average molecular weight is 417 g/mol. The summed E-state index contributed by atoms with van der Waals surface area (Å²) in [6.07, 6.45) is -1.03. The zero-order chi connectivity index (χ0) is 22.7. The van der Waals surface area contributed by atoms with Gasteiger partial charge in [-0.1, -0.05) is 0 Å². The van der Waals surface area contributed by atoms with Gasteiger partial charge in [-0.2, -0.15) is 0 Å². The molecule has 0 aliphatic heterocycles. The lowest BCUT2D eigenvalue weighted by molar-refractivity contribution is -0.142. The number of hydrogen-bond donors (Lipinski definition) is 7. The van der Waals surface area contributed by atoms with Crippen LogP contribution < -0.4 is 27.4 Å². The molecule has 0 bridgehead atoms. The molecule has 0 heterocycles. The molecule has 0 aromatic rings. The quantitative estimate of drug-likeness (QED) is 0.162. The van der Waals surface area contributed by atoms with Crippen LogP contribution in [0.4, 0.5) is 0 Å². The van der Waals surface area contributed by atoms with Gasteiger partial charge >= 0.3 is 11.9 Å². The van der Waals surface area contributed by atoms with Gasteiger partial charge in [0.1, 0.15) is 18.1 Å². The van der Waals surface area contributed by atoms with Crippen LogP contribution in [0.15, 0.2) is 0 Å². The highest BCUT2D eigenvalue weighted by molar-refractivity contribution is 5.91. The Hall–Kier alpha value is -3.22. The number of carboxylic acid groups (broad SMARTS) is 2. The van der Waals surface area contributed by atoms with Crippen LogP contribution in [0, 0.1) is 0 Å². The first-order chi connectivity index (χ1) is 13.3. The Balaban J connectivity index is 4.64. The van der Waals surface area contributed by atoms with Crippen LogP contribution in [0.25, 0.3) is 0 Å². The van der Waals surface area contributed by atoms with Crippen LogP contribution in [0.1, 0.15) is 39.5 Å². The maximum absolute atomic E-state index is 12.0. The molecular formula is C16H27N5O8. The summed E-state index contributed by atoms with van der Waals surface area (Å²) >= 11 is 0. The normalized spacial score (nSPS) is 14.6. The maximum atomic E-state index is 12.0. The molecule has 0 rings (SSSR count). The standard InChI is InChI=1S/C16H27N5O8/c1-7(17)13(24)20-10(16(28)29)4-6-12(23)19-8(2)14(25)21-9(15(26)27)3-5-11(18)22/h7-10H,3-6,17H2,1-2H3,(H2,18,22)(H,19,23)(H,20,24)(H,21,25)(H,26,27)(H,28,29)/t7-,8-,9-,10-/m0/s1. The number of rotatable bonds is 13. The Morgan fingerprint density at radius 2 is 1.24 bits per heavy atom. The first-order valence-corrected chi connectivity index (χ1v) is 8.74. The van der Waals surface area contributed by atoms with Gasteiger partial charge in [0.15, 0.2) is 0 Å². The molecule has 9 N–H and O–H groups in total. The number of primary amides is 1. The van der Waals surface area contributed by atoms with Crippen molar-refractivity contribution < 1.29 is 39.0 Å². The van der Waals surface area contributed by atoms with Crippen molar-refractivity contribution in [1.82, 2.24) is 16.0 Å². The fourth-order valence-corrected chi connectivity index (χ4v) is 2.06. The number of nitrogens with one attached hydrogen (secondary N) is 3. The number of carbonyl (C=O) groups is 6. The fourth-order valence-electron chi connectivity index (χ4n) is 2.06. The van der Waals surface area contributed by atoms with E-state index in [-0.39, 0.29) is 25.7 Å². The Morgan fingerprint density at radius 3 is 1.66 bits per heavy atom. The van der Waals surface area contributed by atoms with E-state index in [1.54, 1.807) is 0 Å². The van der Waals surface area contributed by atoms with Crippen LogP contribution in [0.3, 0.4) is 0 Å². The molecule has 0 unspecified atom stereocenters. The minimum absolute atomic E-state index is 0.212. The van der Waals surface area contributed by atoms with Gasteiger partial charge in [0.25, 0.3) is 0 Å². The highest BCUT2D eigenvalue weighted by Crippen LogP contribution is 2.01. The summed E-state index contributed by atoms with van der Waals surface area (Å²) in [5.41, 5.74) is 10.3. The fraction of sp³-hybridized carbons (Fsp3) is 0.625. The van der Waals surface area contributed by atoms with Crippen molar-refractivity contribution in [2.45, 2.75) is 63.7 Å². The molecule has 4 amide bonds. The van der Waals surface area contributed by atoms with Crippen molar-refractivity contribution in [3.63, 3.8) is 0 Å². The molecule has 0 spiro atoms. The van der Waals surface area contributed by atoms with Gasteiger partial charge in [-0.25, -0.2) is 9.59 Å². The molecule has 0 saturated carbocycles. The zero-order valence-corrected chi connectivity index (χ0v) is 16.1. The van der Waals surface area contributed by atoms with Crippen molar-refractivity contribution in [3.05, 3.63) is 0 Å². The summed E-state index contributed by atoms with van der Waals surface area (Å²) in [6, 6.07) is -4.75. The van der Waals surface area contributed by atoms with Crippen LogP contribution in [-0.2, 0) is 28.8 Å². The molecule has 0 aliphatic carbocycles. The van der Waals surface area contributed by atoms with E-state index in [1.165, 1.54) is 13.8 Å². The molecule has 13 nitrogen and oxygen atoms in total. The molecule has 0 fully saturated rings. The SMILES string of the molecule is C[C@H](N)C(=O)N[C@@H](CCC(=O)N[C@@H](C)C(=O)N[C@@H](CCC(N)=O)C(=O)O)C(=O)O. The molecule has 0 aromatic heterocycles. The smallest absolute Gasteiger partial charge is 0.326 e. The monoisotopic (exact) mass is 417 g/mol. The van der Waals surface area contributed by atoms with E-state index in [2.05, 4.69) is 16.0 Å². The van der Waals surface area contributed by atoms with E-state index in [4.69, 9.17) is 21.7 Å². The van der Waals surface area contributed by atoms with Crippen LogP contribution in [0.5, 0.6) is 0 Å². The predicted molar refractivity (Wildman–Crippen MR) is 98.0 cm³/mol. The summed E-state index contributed by atoms with van der Waals surface area (Å²) in [6.45, 7) is 2.67. The van der Waals surface area contributed by atoms with Crippen LogP contribution in [-0.4, -0.2) is 69.9 Å². The van der Waals surface area contributed by atoms with Crippen molar-refractivity contribution in [2.75, 3.05) is 0 Å². The lowest BCUT2D eigenvalue weighted by atomic mass is 10.1. The number of carboxylic acids is 2. The van der Waals surface area contributed by atoms with E-state index >= 15 is 0 Å². The van der Waals surface area contributed by atoms with Gasteiger partial charge in [-0.05, 0) is 26.7 Å². The lowest BCUT2D eigenvalue weighted by Crippen LogP contribution is -2.51. The average Bonchev–Trinajstić information content (AvgIpc) is 2.60. The van der Waals surface area contributed by atoms with E-state index in [9.17, 15) is 28.8 Å². The summed E-state index contributed by atoms with van der Waals surface area (Å²) in [7, 11) is 0. The predicted octanol–water partition coefficient (Wildman–Crippen LogP) is -2.98. The van der Waals surface area contributed by atoms with E-state index in [0.717, 1.165) is 0 Å². The van der Waals surface area contributed by atoms with Gasteiger partial charge in [-0.3, -0.25) is 19.2 Å². The van der Waals surface area contributed by atoms with Gasteiger partial charge < -0.3 is 37.6 Å². The highest BCUT2D eigenvalue weighted by Gasteiger charge is 2.26. The lowest BCUT2D eigenvalue weighted by Gasteiger charge is -2.19. The van der Waals surface area contributed by atoms with Gasteiger partial charge in [0, 0.05) is 12.8 Å².